The summed E-state index contributed by atoms with van der Waals surface area (Å²) in [5, 5.41) is 20.4. The van der Waals surface area contributed by atoms with Gasteiger partial charge in [-0.05, 0) is 78.3 Å². The molecule has 0 fully saturated rings. The van der Waals surface area contributed by atoms with Crippen molar-refractivity contribution in [2.45, 2.75) is 90.9 Å². The van der Waals surface area contributed by atoms with Crippen molar-refractivity contribution in [3.63, 3.8) is 0 Å². The van der Waals surface area contributed by atoms with Gasteiger partial charge in [0, 0.05) is 26.1 Å². The lowest BCUT2D eigenvalue weighted by molar-refractivity contribution is -0.891. The fourth-order valence-electron chi connectivity index (χ4n) is 6.44. The minimum atomic E-state index is 0.0211. The number of rotatable bonds is 16. The Morgan fingerprint density at radius 1 is 0.568 bits per heavy atom. The van der Waals surface area contributed by atoms with Gasteiger partial charge in [0.05, 0.1) is 77.1 Å². The van der Waals surface area contributed by atoms with E-state index < -0.39 is 0 Å². The van der Waals surface area contributed by atoms with E-state index in [1.807, 2.05) is 0 Å². The highest BCUT2D eigenvalue weighted by Crippen LogP contribution is 2.50. The van der Waals surface area contributed by atoms with Gasteiger partial charge in [-0.2, -0.15) is 0 Å². The Labute approximate surface area is 270 Å². The molecule has 0 atom stereocenters. The highest BCUT2D eigenvalue weighted by atomic mass is 16.3. The smallest absolute Gasteiger partial charge is 0.0804 e. The number of anilines is 4. The van der Waals surface area contributed by atoms with Crippen molar-refractivity contribution >= 4 is 22.7 Å². The van der Waals surface area contributed by atoms with E-state index in [0.717, 1.165) is 86.8 Å². The first-order chi connectivity index (χ1) is 20.5. The second-order valence-corrected chi connectivity index (χ2v) is 16.5. The molecule has 0 bridgehead atoms. The maximum atomic E-state index is 11.1. The summed E-state index contributed by atoms with van der Waals surface area (Å²) in [5.41, 5.74) is 8.17. The van der Waals surface area contributed by atoms with Gasteiger partial charge in [0.15, 0.2) is 0 Å². The van der Waals surface area contributed by atoms with Gasteiger partial charge < -0.3 is 29.0 Å². The molecule has 1 heterocycles. The molecule has 1 N–H and O–H groups in total. The Hall–Kier alpha value is -2.12. The van der Waals surface area contributed by atoms with Crippen LogP contribution in [-0.4, -0.2) is 94.7 Å². The van der Waals surface area contributed by atoms with Crippen LogP contribution in [0.15, 0.2) is 36.4 Å². The summed E-state index contributed by atoms with van der Waals surface area (Å²) in [6, 6.07) is 14.3. The minimum absolute atomic E-state index is 0.0211. The highest BCUT2D eigenvalue weighted by molar-refractivity contribution is 5.94. The molecular weight excluding hydrogens is 544 g/mol. The number of benzene rings is 2. The van der Waals surface area contributed by atoms with E-state index in [0.29, 0.717) is 0 Å². The first-order valence-corrected chi connectivity index (χ1v) is 17.2. The topological polar surface area (TPSA) is 49.8 Å². The number of fused-ring (bicyclic) bond motifs is 2. The van der Waals surface area contributed by atoms with E-state index in [2.05, 4.69) is 116 Å². The molecule has 0 amide bonds. The molecule has 0 spiro atoms. The zero-order chi connectivity index (χ0) is 32.8. The predicted molar refractivity (Wildman–Crippen MR) is 188 cm³/mol. The number of unbranched alkanes of at least 4 members (excludes halogenated alkanes) is 2. The van der Waals surface area contributed by atoms with Crippen molar-refractivity contribution in [3.05, 3.63) is 47.5 Å². The average Bonchev–Trinajstić information content (AvgIpc) is 2.94. The van der Waals surface area contributed by atoms with Crippen molar-refractivity contribution in [2.24, 2.45) is 0 Å². The molecule has 2 aromatic rings. The number of nitrogens with zero attached hydrogens (tertiary/aromatic N) is 4. The average molecular weight is 610 g/mol. The summed E-state index contributed by atoms with van der Waals surface area (Å²) >= 11 is 0. The molecule has 0 saturated heterocycles. The van der Waals surface area contributed by atoms with E-state index >= 15 is 0 Å². The van der Waals surface area contributed by atoms with E-state index in [-0.39, 0.29) is 24.0 Å². The summed E-state index contributed by atoms with van der Waals surface area (Å²) in [6.07, 6.45) is 6.14. The van der Waals surface area contributed by atoms with Gasteiger partial charge in [-0.1, -0.05) is 53.7 Å². The molecule has 248 valence electrons. The van der Waals surface area contributed by atoms with Crippen molar-refractivity contribution in [1.82, 2.24) is 0 Å². The highest BCUT2D eigenvalue weighted by Gasteiger charge is 2.31. The van der Waals surface area contributed by atoms with Crippen LogP contribution in [0.5, 0.6) is 0 Å². The van der Waals surface area contributed by atoms with Gasteiger partial charge in [0.1, 0.15) is 0 Å². The number of quaternary nitrogens is 2. The fourth-order valence-corrected chi connectivity index (χ4v) is 6.44. The third-order valence-electron chi connectivity index (χ3n) is 9.47. The van der Waals surface area contributed by atoms with E-state index in [1.54, 1.807) is 0 Å². The molecule has 6 nitrogen and oxygen atoms in total. The molecule has 1 aliphatic rings. The largest absolute Gasteiger partial charge is 0.854 e. The van der Waals surface area contributed by atoms with Crippen molar-refractivity contribution in [3.8, 4) is 0 Å². The Bertz CT molecular complexity index is 1130. The quantitative estimate of drug-likeness (QED) is 0.170. The second kappa shape index (κ2) is 15.0. The number of aliphatic hydroxyl groups excluding tert-OH is 1. The summed E-state index contributed by atoms with van der Waals surface area (Å²) in [6.45, 7) is 20.3. The van der Waals surface area contributed by atoms with Crippen molar-refractivity contribution in [1.29, 1.82) is 0 Å². The molecule has 0 saturated carbocycles. The third-order valence-corrected chi connectivity index (χ3v) is 9.47. The first-order valence-electron chi connectivity index (χ1n) is 17.2. The zero-order valence-electron chi connectivity index (χ0n) is 30.0. The van der Waals surface area contributed by atoms with Gasteiger partial charge in [0.25, 0.3) is 0 Å². The summed E-state index contributed by atoms with van der Waals surface area (Å²) in [5.74, 6) is 0. The van der Waals surface area contributed by atoms with Gasteiger partial charge in [-0.3, -0.25) is 0 Å². The van der Waals surface area contributed by atoms with Gasteiger partial charge in [-0.15, -0.1) is 6.61 Å². The summed E-state index contributed by atoms with van der Waals surface area (Å²) < 4.78 is 1.87. The molecule has 0 radical (unpaired) electrons. The zero-order valence-corrected chi connectivity index (χ0v) is 30.0. The Morgan fingerprint density at radius 3 is 1.34 bits per heavy atom. The molecule has 1 aliphatic heterocycles. The van der Waals surface area contributed by atoms with Crippen LogP contribution in [0.3, 0.4) is 0 Å². The van der Waals surface area contributed by atoms with Crippen LogP contribution in [0, 0.1) is 0 Å². The van der Waals surface area contributed by atoms with E-state index in [4.69, 9.17) is 0 Å². The fraction of sp³-hybridized carbons (Fsp3) is 0.684. The normalized spacial score (nSPS) is 14.2. The Balaban J connectivity index is 1.96. The Kier molecular flexibility index (Phi) is 12.4. The predicted octanol–water partition coefficient (Wildman–Crippen LogP) is 6.72. The molecule has 0 unspecified atom stereocenters. The van der Waals surface area contributed by atoms with Crippen LogP contribution in [0.25, 0.3) is 0 Å². The van der Waals surface area contributed by atoms with Gasteiger partial charge in [-0.25, -0.2) is 0 Å². The lowest BCUT2D eigenvalue weighted by atomic mass is 9.85. The lowest BCUT2D eigenvalue weighted by Crippen LogP contribution is -2.42. The summed E-state index contributed by atoms with van der Waals surface area (Å²) in [7, 11) is 9.09. The molecule has 44 heavy (non-hydrogen) atoms. The SMILES string of the molecule is CC(C)(C)c1ccc2c(c1)N(CCCC[N+](C)(C)CCCO)c1cc(C(C)(C)C)ccc1N2CCCC[N+](C)(C)CCC[O-]. The molecule has 0 aromatic heterocycles. The molecule has 6 heteroatoms. The molecular formula is C38H65N4O2+. The Morgan fingerprint density at radius 2 is 0.955 bits per heavy atom. The monoisotopic (exact) mass is 610 g/mol. The van der Waals surface area contributed by atoms with E-state index in [9.17, 15) is 10.2 Å². The molecule has 3 rings (SSSR count). The van der Waals surface area contributed by atoms with Crippen molar-refractivity contribution < 1.29 is 19.2 Å². The summed E-state index contributed by atoms with van der Waals surface area (Å²) in [4.78, 5) is 5.19. The molecule has 2 aromatic carbocycles. The maximum Gasteiger partial charge on any atom is 0.0804 e. The van der Waals surface area contributed by atoms with Crippen LogP contribution in [-0.2, 0) is 10.8 Å². The maximum absolute atomic E-state index is 11.1. The van der Waals surface area contributed by atoms with Crippen LogP contribution >= 0.6 is 0 Å². The van der Waals surface area contributed by atoms with Crippen LogP contribution < -0.4 is 14.9 Å². The van der Waals surface area contributed by atoms with Crippen molar-refractivity contribution in [2.75, 3.05) is 90.5 Å². The first kappa shape index (κ1) is 36.3. The number of hydrogen-bond donors (Lipinski definition) is 1. The van der Waals surface area contributed by atoms with Gasteiger partial charge in [0.2, 0.25) is 0 Å². The van der Waals surface area contributed by atoms with Crippen LogP contribution in [0.1, 0.15) is 91.2 Å². The molecule has 0 aliphatic carbocycles. The van der Waals surface area contributed by atoms with Gasteiger partial charge >= 0.3 is 0 Å². The minimum Gasteiger partial charge on any atom is -0.854 e. The number of aliphatic hydroxyl groups is 1. The second-order valence-electron chi connectivity index (χ2n) is 16.5. The number of hydrogen-bond acceptors (Lipinski definition) is 4. The third kappa shape index (κ3) is 9.94. The van der Waals surface area contributed by atoms with Crippen LogP contribution in [0.2, 0.25) is 0 Å². The van der Waals surface area contributed by atoms with E-state index in [1.165, 1.54) is 33.9 Å². The lowest BCUT2D eigenvalue weighted by Gasteiger charge is -2.42. The standard InChI is InChI=1S/C38H65N4O2/c1-37(2,3)31-17-19-33-35(29-31)40(22-12-14-24-42(9,10)26-16-28-44)36-30-32(38(4,5)6)18-20-34(36)39(33)21-11-13-23-41(7,8)25-15-27-43/h17-20,29-30,44H,11-16,21-28H2,1-10H3/q+1. The van der Waals surface area contributed by atoms with Crippen LogP contribution in [0.4, 0.5) is 22.7 Å².